The molecule has 1 aliphatic carbocycles. The maximum atomic E-state index is 9.75. The van der Waals surface area contributed by atoms with Crippen molar-refractivity contribution in [3.63, 3.8) is 0 Å². The molecule has 0 aromatic rings. The standard InChI is InChI=1S/C6H12O.CH4.3BF4/c7-6-4-2-1-3-5-6;;3*2-1(3,4)5/h6-7H,1-5H2;1H4;;;/q;;3*-1. The first-order valence-corrected chi connectivity index (χ1v) is 5.69. The summed E-state index contributed by atoms with van der Waals surface area (Å²) in [5.41, 5.74) is 0. The van der Waals surface area contributed by atoms with E-state index in [9.17, 15) is 51.8 Å². The maximum absolute atomic E-state index is 9.75. The monoisotopic (exact) mass is 377 g/mol. The fraction of sp³-hybridized carbons (Fsp3) is 1.00. The van der Waals surface area contributed by atoms with E-state index in [4.69, 9.17) is 5.11 Å². The van der Waals surface area contributed by atoms with Gasteiger partial charge in [0.1, 0.15) is 0 Å². The van der Waals surface area contributed by atoms with Gasteiger partial charge in [-0.1, -0.05) is 26.7 Å². The molecule has 0 atom stereocenters. The minimum absolute atomic E-state index is 0. The van der Waals surface area contributed by atoms with Crippen LogP contribution < -0.4 is 0 Å². The molecule has 0 radical (unpaired) electrons. The molecule has 0 heterocycles. The molecule has 1 saturated carbocycles. The number of halogens is 12. The van der Waals surface area contributed by atoms with Crippen LogP contribution >= 0.6 is 0 Å². The van der Waals surface area contributed by atoms with E-state index in [1.165, 1.54) is 19.3 Å². The van der Waals surface area contributed by atoms with Gasteiger partial charge in [0.15, 0.2) is 0 Å². The average molecular weight is 377 g/mol. The van der Waals surface area contributed by atoms with Crippen molar-refractivity contribution in [1.82, 2.24) is 0 Å². The first-order valence-electron chi connectivity index (χ1n) is 5.69. The van der Waals surface area contributed by atoms with Crippen LogP contribution in [0.1, 0.15) is 39.5 Å². The van der Waals surface area contributed by atoms with E-state index in [1.54, 1.807) is 0 Å². The van der Waals surface area contributed by atoms with Gasteiger partial charge in [-0.05, 0) is 12.8 Å². The lowest BCUT2D eigenvalue weighted by molar-refractivity contribution is 0.130. The lowest BCUT2D eigenvalue weighted by Crippen LogP contribution is -2.09. The highest BCUT2D eigenvalue weighted by molar-refractivity contribution is 6.50. The summed E-state index contributed by atoms with van der Waals surface area (Å²) >= 11 is 0. The van der Waals surface area contributed by atoms with E-state index < -0.39 is 21.8 Å². The third kappa shape index (κ3) is 149. The van der Waals surface area contributed by atoms with Gasteiger partial charge in [-0.3, -0.25) is 0 Å². The number of aliphatic hydroxyl groups is 1. The van der Waals surface area contributed by atoms with Crippen molar-refractivity contribution in [2.45, 2.75) is 45.6 Å². The Kier molecular flexibility index (Phi) is 18.0. The second kappa shape index (κ2) is 13.7. The Morgan fingerprint density at radius 2 is 0.696 bits per heavy atom. The highest BCUT2D eigenvalue weighted by Crippen LogP contribution is 2.16. The predicted molar refractivity (Wildman–Crippen MR) is 66.4 cm³/mol. The summed E-state index contributed by atoms with van der Waals surface area (Å²) in [6.07, 6.45) is 5.92. The first-order chi connectivity index (χ1) is 9.39. The van der Waals surface area contributed by atoms with Crippen molar-refractivity contribution in [3.05, 3.63) is 0 Å². The summed E-state index contributed by atoms with van der Waals surface area (Å²) in [4.78, 5) is 0. The molecule has 1 rings (SSSR count). The van der Waals surface area contributed by atoms with Crippen LogP contribution in [0.15, 0.2) is 0 Å². The second-order valence-electron chi connectivity index (χ2n) is 3.78. The van der Waals surface area contributed by atoms with E-state index in [0.717, 1.165) is 12.8 Å². The molecule has 1 aliphatic rings. The van der Waals surface area contributed by atoms with Gasteiger partial charge in [0.25, 0.3) is 0 Å². The van der Waals surface area contributed by atoms with E-state index in [-0.39, 0.29) is 13.5 Å². The number of aliphatic hydroxyl groups excluding tert-OH is 1. The van der Waals surface area contributed by atoms with Crippen LogP contribution in [-0.2, 0) is 0 Å². The van der Waals surface area contributed by atoms with Crippen molar-refractivity contribution in [2.24, 2.45) is 0 Å². The van der Waals surface area contributed by atoms with Gasteiger partial charge in [-0.2, -0.15) is 0 Å². The Balaban J connectivity index is -0.000000105. The van der Waals surface area contributed by atoms with Crippen molar-refractivity contribution in [3.8, 4) is 0 Å². The van der Waals surface area contributed by atoms with Crippen LogP contribution in [0.4, 0.5) is 51.8 Å². The van der Waals surface area contributed by atoms with Crippen LogP contribution in [0, 0.1) is 0 Å². The molecule has 16 heteroatoms. The molecular formula is C7H16B3F12O-3. The highest BCUT2D eigenvalue weighted by Gasteiger charge is 2.21. The van der Waals surface area contributed by atoms with Gasteiger partial charge in [-0.25, -0.2) is 0 Å². The minimum atomic E-state index is -6.00. The lowest BCUT2D eigenvalue weighted by Gasteiger charge is -2.14. The molecule has 0 aromatic heterocycles. The summed E-state index contributed by atoms with van der Waals surface area (Å²) in [6.45, 7) is 0. The normalized spacial score (nSPS) is 15.5. The molecule has 1 fully saturated rings. The fourth-order valence-corrected chi connectivity index (χ4v) is 1.08. The molecule has 0 aliphatic heterocycles. The second-order valence-corrected chi connectivity index (χ2v) is 3.78. The third-order valence-electron chi connectivity index (χ3n) is 1.57. The van der Waals surface area contributed by atoms with E-state index >= 15 is 0 Å². The van der Waals surface area contributed by atoms with Crippen LogP contribution in [0.2, 0.25) is 0 Å². The van der Waals surface area contributed by atoms with Gasteiger partial charge in [0.05, 0.1) is 6.10 Å². The minimum Gasteiger partial charge on any atom is -0.418 e. The Labute approximate surface area is 125 Å². The summed E-state index contributed by atoms with van der Waals surface area (Å²) in [5, 5.41) is 8.91. The molecule has 0 bridgehead atoms. The number of rotatable bonds is 0. The molecule has 0 unspecified atom stereocenters. The Morgan fingerprint density at radius 1 is 0.522 bits per heavy atom. The van der Waals surface area contributed by atoms with Gasteiger partial charge in [-0.15, -0.1) is 0 Å². The zero-order valence-electron chi connectivity index (χ0n) is 10.8. The Hall–Kier alpha value is -0.685. The van der Waals surface area contributed by atoms with Crippen LogP contribution in [0.5, 0.6) is 0 Å². The average Bonchev–Trinajstić information content (AvgIpc) is 2.09. The summed E-state index contributed by atoms with van der Waals surface area (Å²) in [6, 6.07) is 0. The zero-order chi connectivity index (χ0) is 18.6. The maximum Gasteiger partial charge on any atom is 0.673 e. The van der Waals surface area contributed by atoms with Gasteiger partial charge >= 0.3 is 21.8 Å². The quantitative estimate of drug-likeness (QED) is 0.415. The molecule has 146 valence electrons. The van der Waals surface area contributed by atoms with E-state index in [0.29, 0.717) is 0 Å². The topological polar surface area (TPSA) is 20.2 Å². The van der Waals surface area contributed by atoms with Crippen molar-refractivity contribution < 1.29 is 56.9 Å². The molecule has 0 aromatic carbocycles. The fourth-order valence-electron chi connectivity index (χ4n) is 1.08. The smallest absolute Gasteiger partial charge is 0.418 e. The zero-order valence-corrected chi connectivity index (χ0v) is 10.8. The first kappa shape index (κ1) is 30.2. The molecule has 23 heavy (non-hydrogen) atoms. The summed E-state index contributed by atoms with van der Waals surface area (Å²) in [5.74, 6) is 0. The number of hydrogen-bond donors (Lipinski definition) is 1. The van der Waals surface area contributed by atoms with Crippen LogP contribution in [0.3, 0.4) is 0 Å². The van der Waals surface area contributed by atoms with E-state index in [2.05, 4.69) is 0 Å². The summed E-state index contributed by atoms with van der Waals surface area (Å²) in [7, 11) is -18.0. The third-order valence-corrected chi connectivity index (χ3v) is 1.57. The SMILES string of the molecule is C.F[B-](F)(F)F.F[B-](F)(F)F.F[B-](F)(F)F.OC1CCCCC1. The van der Waals surface area contributed by atoms with Crippen molar-refractivity contribution in [2.75, 3.05) is 0 Å². The molecule has 1 N–H and O–H groups in total. The van der Waals surface area contributed by atoms with Gasteiger partial charge in [0.2, 0.25) is 0 Å². The molecule has 0 amide bonds. The lowest BCUT2D eigenvalue weighted by atomic mass is 9.98. The molecule has 0 saturated heterocycles. The predicted octanol–water partition coefficient (Wildman–Crippen LogP) is 5.85. The van der Waals surface area contributed by atoms with Crippen LogP contribution in [0.25, 0.3) is 0 Å². The van der Waals surface area contributed by atoms with Gasteiger partial charge in [0, 0.05) is 0 Å². The van der Waals surface area contributed by atoms with Crippen molar-refractivity contribution >= 4 is 21.8 Å². The largest absolute Gasteiger partial charge is 0.673 e. The number of hydrogen-bond acceptors (Lipinski definition) is 1. The highest BCUT2D eigenvalue weighted by atomic mass is 19.5. The molecule has 1 nitrogen and oxygen atoms in total. The van der Waals surface area contributed by atoms with Crippen LogP contribution in [-0.4, -0.2) is 33.0 Å². The van der Waals surface area contributed by atoms with E-state index in [1.807, 2.05) is 0 Å². The summed E-state index contributed by atoms with van der Waals surface area (Å²) < 4.78 is 117. The Bertz CT molecular complexity index is 200. The van der Waals surface area contributed by atoms with Gasteiger partial charge < -0.3 is 56.9 Å². The Morgan fingerprint density at radius 3 is 0.783 bits per heavy atom. The van der Waals surface area contributed by atoms with Crippen molar-refractivity contribution in [1.29, 1.82) is 0 Å². The molecule has 0 spiro atoms. The molecular weight excluding hydrogens is 360 g/mol.